The molecule has 0 heterocycles. The Bertz CT molecular complexity index is 856. The van der Waals surface area contributed by atoms with Gasteiger partial charge in [0.15, 0.2) is 0 Å². The molecule has 0 saturated carbocycles. The first kappa shape index (κ1) is 18.0. The molecule has 0 aliphatic heterocycles. The molecule has 0 amide bonds. The molecular formula is C25H27N. The average Bonchev–Trinajstić information content (AvgIpc) is 2.68. The van der Waals surface area contributed by atoms with E-state index in [1.807, 2.05) is 0 Å². The minimum Gasteiger partial charge on any atom is -0.367 e. The summed E-state index contributed by atoms with van der Waals surface area (Å²) in [4.78, 5) is 2.39. The fourth-order valence-electron chi connectivity index (χ4n) is 3.09. The lowest BCUT2D eigenvalue weighted by atomic mass is 9.98. The lowest BCUT2D eigenvalue weighted by Gasteiger charge is -2.24. The summed E-state index contributed by atoms with van der Waals surface area (Å²) < 4.78 is 0. The number of aryl methyl sites for hydroxylation is 2. The molecule has 3 aromatic carbocycles. The third-order valence-electron chi connectivity index (χ3n) is 4.86. The minimum atomic E-state index is 0.926. The largest absolute Gasteiger partial charge is 0.367 e. The summed E-state index contributed by atoms with van der Waals surface area (Å²) in [5, 5.41) is 0. The molecule has 0 aliphatic carbocycles. The van der Waals surface area contributed by atoms with Gasteiger partial charge in [-0.05, 0) is 55.2 Å². The maximum atomic E-state index is 4.28. The molecule has 26 heavy (non-hydrogen) atoms. The maximum absolute atomic E-state index is 4.28. The second-order valence-electron chi connectivity index (χ2n) is 6.89. The monoisotopic (exact) mass is 341 g/mol. The molecule has 0 bridgehead atoms. The van der Waals surface area contributed by atoms with Crippen LogP contribution in [0.3, 0.4) is 0 Å². The molecule has 0 fully saturated rings. The van der Waals surface area contributed by atoms with Gasteiger partial charge < -0.3 is 4.90 Å². The smallest absolute Gasteiger partial charge is 0.0429 e. The van der Waals surface area contributed by atoms with Crippen LogP contribution in [0.2, 0.25) is 0 Å². The molecule has 0 atom stereocenters. The summed E-state index contributed by atoms with van der Waals surface area (Å²) in [5.41, 5.74) is 8.57. The van der Waals surface area contributed by atoms with Crippen molar-refractivity contribution in [2.45, 2.75) is 27.3 Å². The van der Waals surface area contributed by atoms with E-state index in [4.69, 9.17) is 0 Å². The van der Waals surface area contributed by atoms with Gasteiger partial charge in [0.1, 0.15) is 0 Å². The van der Waals surface area contributed by atoms with Gasteiger partial charge in [0.25, 0.3) is 0 Å². The maximum Gasteiger partial charge on any atom is 0.0429 e. The quantitative estimate of drug-likeness (QED) is 0.502. The van der Waals surface area contributed by atoms with E-state index in [9.17, 15) is 0 Å². The zero-order chi connectivity index (χ0) is 18.5. The molecule has 1 nitrogen and oxygen atoms in total. The first-order valence-corrected chi connectivity index (χ1v) is 9.23. The lowest BCUT2D eigenvalue weighted by molar-refractivity contribution is 0.831. The van der Waals surface area contributed by atoms with Gasteiger partial charge in [-0.25, -0.2) is 0 Å². The normalized spacial score (nSPS) is 10.6. The van der Waals surface area contributed by atoms with E-state index in [1.54, 1.807) is 0 Å². The van der Waals surface area contributed by atoms with Crippen molar-refractivity contribution < 1.29 is 0 Å². The van der Waals surface area contributed by atoms with E-state index >= 15 is 0 Å². The van der Waals surface area contributed by atoms with Crippen molar-refractivity contribution in [3.63, 3.8) is 0 Å². The summed E-state index contributed by atoms with van der Waals surface area (Å²) in [6, 6.07) is 26.1. The molecule has 1 heteroatoms. The van der Waals surface area contributed by atoms with Crippen molar-refractivity contribution in [2.24, 2.45) is 0 Å². The Kier molecular flexibility index (Phi) is 5.58. The number of rotatable bonds is 6. The van der Waals surface area contributed by atoms with Crippen molar-refractivity contribution in [1.82, 2.24) is 0 Å². The zero-order valence-corrected chi connectivity index (χ0v) is 16.0. The molecule has 0 radical (unpaired) electrons. The Hall–Kier alpha value is -2.80. The van der Waals surface area contributed by atoms with Gasteiger partial charge in [0, 0.05) is 18.8 Å². The van der Waals surface area contributed by atoms with Crippen molar-refractivity contribution >= 4 is 11.3 Å². The molecule has 0 spiro atoms. The highest BCUT2D eigenvalue weighted by Crippen LogP contribution is 2.25. The highest BCUT2D eigenvalue weighted by molar-refractivity contribution is 5.78. The van der Waals surface area contributed by atoms with Gasteiger partial charge >= 0.3 is 0 Å². The van der Waals surface area contributed by atoms with Crippen LogP contribution in [0.15, 0.2) is 79.4 Å². The van der Waals surface area contributed by atoms with Crippen LogP contribution in [0, 0.1) is 13.8 Å². The van der Waals surface area contributed by atoms with Crippen LogP contribution in [0.5, 0.6) is 0 Å². The van der Waals surface area contributed by atoms with Crippen LogP contribution < -0.4 is 4.90 Å². The highest BCUT2D eigenvalue weighted by Gasteiger charge is 2.07. The Balaban J connectivity index is 1.75. The average molecular weight is 341 g/mol. The van der Waals surface area contributed by atoms with Crippen molar-refractivity contribution in [1.29, 1.82) is 0 Å². The molecule has 0 aromatic heterocycles. The number of benzene rings is 3. The molecule has 132 valence electrons. The van der Waals surface area contributed by atoms with E-state index in [0.29, 0.717) is 0 Å². The summed E-state index contributed by atoms with van der Waals surface area (Å²) >= 11 is 0. The third-order valence-corrected chi connectivity index (χ3v) is 4.86. The molecule has 0 N–H and O–H groups in total. The predicted octanol–water partition coefficient (Wildman–Crippen LogP) is 6.39. The third kappa shape index (κ3) is 4.23. The van der Waals surface area contributed by atoms with Crippen molar-refractivity contribution in [3.05, 3.63) is 107 Å². The van der Waals surface area contributed by atoms with Crippen LogP contribution in [0.1, 0.15) is 34.7 Å². The SMILES string of the molecule is C=C(c1ccc(C)cc1)c1ccc(N(CC)Cc2ccc(C)cc2)cc1. The summed E-state index contributed by atoms with van der Waals surface area (Å²) in [6.45, 7) is 12.6. The van der Waals surface area contributed by atoms with Gasteiger partial charge in [0.05, 0.1) is 0 Å². The first-order valence-electron chi connectivity index (χ1n) is 9.23. The highest BCUT2D eigenvalue weighted by atomic mass is 15.1. The molecule has 0 aliphatic rings. The van der Waals surface area contributed by atoms with Gasteiger partial charge in [0.2, 0.25) is 0 Å². The Morgan fingerprint density at radius 1 is 0.731 bits per heavy atom. The Morgan fingerprint density at radius 2 is 1.19 bits per heavy atom. The topological polar surface area (TPSA) is 3.24 Å². The van der Waals surface area contributed by atoms with Gasteiger partial charge in [-0.2, -0.15) is 0 Å². The first-order chi connectivity index (χ1) is 12.6. The van der Waals surface area contributed by atoms with Crippen LogP contribution >= 0.6 is 0 Å². The Morgan fingerprint density at radius 3 is 1.69 bits per heavy atom. The fourth-order valence-corrected chi connectivity index (χ4v) is 3.09. The second kappa shape index (κ2) is 8.05. The number of hydrogen-bond acceptors (Lipinski definition) is 1. The van der Waals surface area contributed by atoms with E-state index in [-0.39, 0.29) is 0 Å². The zero-order valence-electron chi connectivity index (χ0n) is 16.0. The van der Waals surface area contributed by atoms with Crippen LogP contribution in [0.25, 0.3) is 5.57 Å². The van der Waals surface area contributed by atoms with Gasteiger partial charge in [-0.15, -0.1) is 0 Å². The van der Waals surface area contributed by atoms with Crippen molar-refractivity contribution in [2.75, 3.05) is 11.4 Å². The van der Waals surface area contributed by atoms with E-state index in [0.717, 1.165) is 18.7 Å². The second-order valence-corrected chi connectivity index (χ2v) is 6.89. The van der Waals surface area contributed by atoms with E-state index in [2.05, 4.69) is 105 Å². The molecular weight excluding hydrogens is 314 g/mol. The van der Waals surface area contributed by atoms with E-state index in [1.165, 1.54) is 33.5 Å². The van der Waals surface area contributed by atoms with Crippen molar-refractivity contribution in [3.8, 4) is 0 Å². The standard InChI is InChI=1S/C25H27N/c1-5-26(18-22-10-6-19(2)7-11-22)25-16-14-24(15-17-25)21(4)23-12-8-20(3)9-13-23/h6-17H,4-5,18H2,1-3H3. The molecule has 0 unspecified atom stereocenters. The molecule has 3 aromatic rings. The molecule has 0 saturated heterocycles. The number of anilines is 1. The van der Waals surface area contributed by atoms with Crippen LogP contribution in [-0.4, -0.2) is 6.54 Å². The van der Waals surface area contributed by atoms with Crippen LogP contribution in [-0.2, 0) is 6.54 Å². The van der Waals surface area contributed by atoms with Gasteiger partial charge in [-0.1, -0.05) is 78.4 Å². The Labute approximate surface area is 157 Å². The lowest BCUT2D eigenvalue weighted by Crippen LogP contribution is -2.21. The summed E-state index contributed by atoms with van der Waals surface area (Å²) in [7, 11) is 0. The minimum absolute atomic E-state index is 0.926. The van der Waals surface area contributed by atoms with Crippen LogP contribution in [0.4, 0.5) is 5.69 Å². The number of nitrogens with zero attached hydrogens (tertiary/aromatic N) is 1. The molecule has 3 rings (SSSR count). The van der Waals surface area contributed by atoms with E-state index < -0.39 is 0 Å². The summed E-state index contributed by atoms with van der Waals surface area (Å²) in [6.07, 6.45) is 0. The van der Waals surface area contributed by atoms with Gasteiger partial charge in [-0.3, -0.25) is 0 Å². The predicted molar refractivity (Wildman–Crippen MR) is 114 cm³/mol. The number of hydrogen-bond donors (Lipinski definition) is 0. The summed E-state index contributed by atoms with van der Waals surface area (Å²) in [5.74, 6) is 0. The fraction of sp³-hybridized carbons (Fsp3) is 0.200.